The molecule has 1 heterocycles. The van der Waals surface area contributed by atoms with Gasteiger partial charge in [-0.25, -0.2) is 0 Å². The summed E-state index contributed by atoms with van der Waals surface area (Å²) in [5.41, 5.74) is 3.97. The van der Waals surface area contributed by atoms with Crippen molar-refractivity contribution in [3.63, 3.8) is 0 Å². The number of nitrogens with two attached hydrogens (primary N) is 1. The fourth-order valence-corrected chi connectivity index (χ4v) is 1.02. The highest BCUT2D eigenvalue weighted by Gasteiger charge is 2.12. The van der Waals surface area contributed by atoms with Gasteiger partial charge in [-0.3, -0.25) is 0 Å². The van der Waals surface area contributed by atoms with Crippen LogP contribution in [0.4, 0.5) is 0 Å². The number of piperidine rings is 1. The van der Waals surface area contributed by atoms with Crippen molar-refractivity contribution < 1.29 is 11.1 Å². The minimum absolute atomic E-state index is 0.730. The second-order valence-corrected chi connectivity index (χ2v) is 2.32. The van der Waals surface area contributed by atoms with Crippen molar-refractivity contribution in [3.05, 3.63) is 0 Å². The van der Waals surface area contributed by atoms with E-state index in [0.717, 1.165) is 6.04 Å². The number of rotatable bonds is 0. The van der Waals surface area contributed by atoms with Gasteiger partial charge in [-0.1, -0.05) is 0 Å². The van der Waals surface area contributed by atoms with Crippen LogP contribution in [-0.4, -0.2) is 19.1 Å². The molecule has 0 aromatic carbocycles. The standard InChI is InChI=1S/C5H12N2/c6-5-2-1-3-7-4-5/h5,7H,1-4,6H2/p+2. The summed E-state index contributed by atoms with van der Waals surface area (Å²) in [5.74, 6) is 0. The van der Waals surface area contributed by atoms with Gasteiger partial charge in [0.05, 0.1) is 6.54 Å². The van der Waals surface area contributed by atoms with E-state index in [4.69, 9.17) is 0 Å². The van der Waals surface area contributed by atoms with Gasteiger partial charge >= 0.3 is 0 Å². The SMILES string of the molecule is [NH3+]C1CCC[NH2+]C1. The highest BCUT2D eigenvalue weighted by atomic mass is 14.9. The van der Waals surface area contributed by atoms with Crippen LogP contribution in [0.2, 0.25) is 0 Å². The van der Waals surface area contributed by atoms with Gasteiger partial charge in [0, 0.05) is 12.8 Å². The summed E-state index contributed by atoms with van der Waals surface area (Å²) in [5, 5.41) is 2.35. The van der Waals surface area contributed by atoms with Crippen molar-refractivity contribution in [1.29, 1.82) is 0 Å². The predicted molar refractivity (Wildman–Crippen MR) is 27.6 cm³/mol. The summed E-state index contributed by atoms with van der Waals surface area (Å²) in [4.78, 5) is 0. The summed E-state index contributed by atoms with van der Waals surface area (Å²) in [6.07, 6.45) is 2.71. The number of hydrogen-bond acceptors (Lipinski definition) is 0. The van der Waals surface area contributed by atoms with Crippen LogP contribution < -0.4 is 11.1 Å². The van der Waals surface area contributed by atoms with E-state index >= 15 is 0 Å². The Kier molecular flexibility index (Phi) is 1.65. The molecule has 1 saturated heterocycles. The van der Waals surface area contributed by atoms with Gasteiger partial charge in [0.2, 0.25) is 0 Å². The first-order chi connectivity index (χ1) is 3.39. The Morgan fingerprint density at radius 2 is 2.43 bits per heavy atom. The average Bonchev–Trinajstić information content (AvgIpc) is 1.69. The molecular weight excluding hydrogens is 88.1 g/mol. The Morgan fingerprint density at radius 1 is 1.57 bits per heavy atom. The zero-order valence-electron chi connectivity index (χ0n) is 4.69. The molecular formula is C5H14N2+2. The first-order valence-corrected chi connectivity index (χ1v) is 3.04. The second kappa shape index (κ2) is 2.28. The van der Waals surface area contributed by atoms with Gasteiger partial charge in [-0.05, 0) is 0 Å². The molecule has 0 spiro atoms. The van der Waals surface area contributed by atoms with Crippen LogP contribution in [0.25, 0.3) is 0 Å². The largest absolute Gasteiger partial charge is 0.350 e. The molecule has 5 N–H and O–H groups in total. The molecule has 1 unspecified atom stereocenters. The van der Waals surface area contributed by atoms with E-state index in [1.54, 1.807) is 0 Å². The lowest BCUT2D eigenvalue weighted by atomic mass is 10.1. The maximum atomic E-state index is 3.97. The van der Waals surface area contributed by atoms with E-state index in [2.05, 4.69) is 11.1 Å². The monoisotopic (exact) mass is 102 g/mol. The number of hydrogen-bond donors (Lipinski definition) is 2. The Morgan fingerprint density at radius 3 is 2.71 bits per heavy atom. The van der Waals surface area contributed by atoms with Crippen LogP contribution >= 0.6 is 0 Å². The second-order valence-electron chi connectivity index (χ2n) is 2.32. The molecule has 0 radical (unpaired) electrons. The third-order valence-electron chi connectivity index (χ3n) is 1.52. The molecule has 2 nitrogen and oxygen atoms in total. The summed E-state index contributed by atoms with van der Waals surface area (Å²) >= 11 is 0. The number of quaternary nitrogens is 2. The smallest absolute Gasteiger partial charge is 0.134 e. The molecule has 1 fully saturated rings. The normalized spacial score (nSPS) is 33.0. The lowest BCUT2D eigenvalue weighted by Crippen LogP contribution is -2.92. The van der Waals surface area contributed by atoms with Crippen LogP contribution in [0.1, 0.15) is 12.8 Å². The Bertz CT molecular complexity index is 48.0. The zero-order valence-corrected chi connectivity index (χ0v) is 4.69. The van der Waals surface area contributed by atoms with Crippen molar-refractivity contribution in [2.45, 2.75) is 18.9 Å². The van der Waals surface area contributed by atoms with Gasteiger partial charge < -0.3 is 11.1 Å². The van der Waals surface area contributed by atoms with Crippen molar-refractivity contribution in [2.75, 3.05) is 13.1 Å². The lowest BCUT2D eigenvalue weighted by Gasteiger charge is -2.11. The van der Waals surface area contributed by atoms with Gasteiger partial charge in [0.25, 0.3) is 0 Å². The lowest BCUT2D eigenvalue weighted by molar-refractivity contribution is -0.692. The highest BCUT2D eigenvalue weighted by Crippen LogP contribution is 1.89. The van der Waals surface area contributed by atoms with Crippen LogP contribution in [0.3, 0.4) is 0 Å². The van der Waals surface area contributed by atoms with E-state index in [-0.39, 0.29) is 0 Å². The Hall–Kier alpha value is -0.0800. The van der Waals surface area contributed by atoms with Crippen molar-refractivity contribution in [3.8, 4) is 0 Å². The van der Waals surface area contributed by atoms with Crippen LogP contribution in [-0.2, 0) is 0 Å². The van der Waals surface area contributed by atoms with Crippen molar-refractivity contribution >= 4 is 0 Å². The quantitative estimate of drug-likeness (QED) is 0.354. The molecule has 0 aromatic heterocycles. The van der Waals surface area contributed by atoms with Crippen molar-refractivity contribution in [2.24, 2.45) is 0 Å². The molecule has 0 aromatic rings. The van der Waals surface area contributed by atoms with Gasteiger partial charge in [-0.15, -0.1) is 0 Å². The molecule has 42 valence electrons. The van der Waals surface area contributed by atoms with Crippen LogP contribution in [0.5, 0.6) is 0 Å². The maximum Gasteiger partial charge on any atom is 0.134 e. The molecule has 0 amide bonds. The molecule has 7 heavy (non-hydrogen) atoms. The predicted octanol–water partition coefficient (Wildman–Crippen LogP) is -2.05. The molecule has 0 aliphatic carbocycles. The Balaban J connectivity index is 2.12. The van der Waals surface area contributed by atoms with Crippen LogP contribution in [0.15, 0.2) is 0 Å². The molecule has 0 bridgehead atoms. The van der Waals surface area contributed by atoms with E-state index in [1.165, 1.54) is 25.9 Å². The fraction of sp³-hybridized carbons (Fsp3) is 1.00. The molecule has 1 rings (SSSR count). The summed E-state index contributed by atoms with van der Waals surface area (Å²) in [6, 6.07) is 0.730. The minimum atomic E-state index is 0.730. The summed E-state index contributed by atoms with van der Waals surface area (Å²) in [7, 11) is 0. The maximum absolute atomic E-state index is 3.97. The van der Waals surface area contributed by atoms with E-state index in [1.807, 2.05) is 0 Å². The summed E-state index contributed by atoms with van der Waals surface area (Å²) < 4.78 is 0. The van der Waals surface area contributed by atoms with Crippen LogP contribution in [0, 0.1) is 0 Å². The zero-order chi connectivity index (χ0) is 5.11. The average molecular weight is 102 g/mol. The molecule has 1 aliphatic rings. The first-order valence-electron chi connectivity index (χ1n) is 3.04. The van der Waals surface area contributed by atoms with Gasteiger partial charge in [-0.2, -0.15) is 0 Å². The van der Waals surface area contributed by atoms with Gasteiger partial charge in [0.15, 0.2) is 0 Å². The molecule has 1 atom stereocenters. The van der Waals surface area contributed by atoms with E-state index < -0.39 is 0 Å². The third kappa shape index (κ3) is 1.45. The molecule has 1 aliphatic heterocycles. The Labute approximate surface area is 44.1 Å². The summed E-state index contributed by atoms with van der Waals surface area (Å²) in [6.45, 7) is 2.58. The third-order valence-corrected chi connectivity index (χ3v) is 1.52. The molecule has 2 heteroatoms. The fourth-order valence-electron chi connectivity index (χ4n) is 1.02. The van der Waals surface area contributed by atoms with Gasteiger partial charge in [0.1, 0.15) is 12.6 Å². The van der Waals surface area contributed by atoms with Crippen molar-refractivity contribution in [1.82, 2.24) is 0 Å². The molecule has 0 saturated carbocycles. The highest BCUT2D eigenvalue weighted by molar-refractivity contribution is 4.52. The minimum Gasteiger partial charge on any atom is -0.350 e. The van der Waals surface area contributed by atoms with E-state index in [0.29, 0.717) is 0 Å². The van der Waals surface area contributed by atoms with E-state index in [9.17, 15) is 0 Å². The first kappa shape index (κ1) is 5.06. The topological polar surface area (TPSA) is 44.2 Å².